The third-order valence-electron chi connectivity index (χ3n) is 9.33. The minimum atomic E-state index is -0.461. The summed E-state index contributed by atoms with van der Waals surface area (Å²) >= 11 is 0. The van der Waals surface area contributed by atoms with Crippen molar-refractivity contribution in [2.45, 2.75) is 0 Å². The Bertz CT molecular complexity index is 2440. The molecule has 52 heavy (non-hydrogen) atoms. The van der Waals surface area contributed by atoms with Gasteiger partial charge in [-0.1, -0.05) is 72.8 Å². The second-order valence-corrected chi connectivity index (χ2v) is 12.4. The summed E-state index contributed by atoms with van der Waals surface area (Å²) in [7, 11) is 0. The molecule has 250 valence electrons. The first-order chi connectivity index (χ1) is 25.4. The molecule has 0 saturated carbocycles. The Balaban J connectivity index is 1.51. The van der Waals surface area contributed by atoms with Crippen LogP contribution in [0, 0.1) is 23.3 Å². The van der Waals surface area contributed by atoms with Gasteiger partial charge in [-0.25, -0.2) is 27.5 Å². The monoisotopic (exact) mass is 686 g/mol. The lowest BCUT2D eigenvalue weighted by Gasteiger charge is -2.08. The van der Waals surface area contributed by atoms with Crippen LogP contribution in [0.15, 0.2) is 121 Å². The second kappa shape index (κ2) is 12.5. The van der Waals surface area contributed by atoms with E-state index in [-0.39, 0.29) is 0 Å². The minimum absolute atomic E-state index is 0.293. The number of nitrogens with zero attached hydrogens (tertiary/aromatic N) is 2. The van der Waals surface area contributed by atoms with E-state index in [0.29, 0.717) is 89.4 Å². The van der Waals surface area contributed by atoms with Gasteiger partial charge in [0.2, 0.25) is 0 Å². The molecule has 0 spiro atoms. The van der Waals surface area contributed by atoms with Gasteiger partial charge in [-0.3, -0.25) is 0 Å². The number of rotatable bonds is 4. The maximum Gasteiger partial charge on any atom is 0.131 e. The van der Waals surface area contributed by atoms with Crippen LogP contribution in [0.3, 0.4) is 0 Å². The normalized spacial score (nSPS) is 12.1. The van der Waals surface area contributed by atoms with Crippen molar-refractivity contribution in [1.82, 2.24) is 19.9 Å². The van der Waals surface area contributed by atoms with Crippen LogP contribution >= 0.6 is 0 Å². The molecule has 0 radical (unpaired) electrons. The molecule has 0 atom stereocenters. The van der Waals surface area contributed by atoms with E-state index in [1.807, 2.05) is 0 Å². The molecule has 4 aromatic carbocycles. The zero-order valence-corrected chi connectivity index (χ0v) is 27.3. The van der Waals surface area contributed by atoms with E-state index < -0.39 is 23.3 Å². The summed E-state index contributed by atoms with van der Waals surface area (Å²) in [6.45, 7) is 0. The molecule has 2 aliphatic rings. The standard InChI is InChI=1S/C44H26F4N4/c45-29-13-5-1-9-25(29)41-33-17-19-35(49-33)42(26-10-2-6-14-30(26)46)37-21-23-39(51-37)44(28-12-4-8-16-32(28)48)40-24-22-38(52-40)43(36-20-18-34(41)50-36)27-11-3-7-15-31(27)47/h1-24,49,52H. The van der Waals surface area contributed by atoms with Gasteiger partial charge in [0, 0.05) is 66.6 Å². The van der Waals surface area contributed by atoms with E-state index >= 15 is 17.6 Å². The van der Waals surface area contributed by atoms with Gasteiger partial charge in [0.05, 0.1) is 22.8 Å². The average Bonchev–Trinajstić information content (AvgIpc) is 3.99. The zero-order chi connectivity index (χ0) is 35.3. The Kier molecular flexibility index (Phi) is 7.51. The van der Waals surface area contributed by atoms with Gasteiger partial charge in [-0.2, -0.15) is 0 Å². The first kappa shape index (κ1) is 31.2. The van der Waals surface area contributed by atoms with Gasteiger partial charge in [-0.15, -0.1) is 0 Å². The fraction of sp³-hybridized carbons (Fsp3) is 0. The molecule has 9 rings (SSSR count). The van der Waals surface area contributed by atoms with Crippen molar-refractivity contribution in [3.63, 3.8) is 0 Å². The average molecular weight is 687 g/mol. The molecule has 0 aliphatic carbocycles. The predicted octanol–water partition coefficient (Wildman–Crippen LogP) is 11.9. The molecular formula is C44H26F4N4. The topological polar surface area (TPSA) is 57.4 Å². The molecule has 4 nitrogen and oxygen atoms in total. The largest absolute Gasteiger partial charge is 0.354 e. The summed E-state index contributed by atoms with van der Waals surface area (Å²) in [4.78, 5) is 16.9. The van der Waals surface area contributed by atoms with Crippen LogP contribution in [0.2, 0.25) is 0 Å². The molecule has 3 aromatic heterocycles. The van der Waals surface area contributed by atoms with E-state index in [2.05, 4.69) is 9.97 Å². The minimum Gasteiger partial charge on any atom is -0.354 e. The van der Waals surface area contributed by atoms with Crippen LogP contribution in [0.5, 0.6) is 0 Å². The predicted molar refractivity (Wildman–Crippen MR) is 200 cm³/mol. The lowest BCUT2D eigenvalue weighted by atomic mass is 10.0. The van der Waals surface area contributed by atoms with Crippen molar-refractivity contribution >= 4 is 46.4 Å². The number of hydrogen-bond acceptors (Lipinski definition) is 2. The molecule has 5 heterocycles. The van der Waals surface area contributed by atoms with Gasteiger partial charge < -0.3 is 9.97 Å². The quantitative estimate of drug-likeness (QED) is 0.181. The van der Waals surface area contributed by atoms with Crippen LogP contribution in [-0.4, -0.2) is 19.9 Å². The van der Waals surface area contributed by atoms with Gasteiger partial charge in [0.25, 0.3) is 0 Å². The molecule has 7 aromatic rings. The number of nitrogens with one attached hydrogen (secondary N) is 2. The summed E-state index contributed by atoms with van der Waals surface area (Å²) in [5, 5.41) is 0. The third kappa shape index (κ3) is 5.24. The summed E-state index contributed by atoms with van der Waals surface area (Å²) < 4.78 is 62.7. The van der Waals surface area contributed by atoms with E-state index in [4.69, 9.17) is 9.97 Å². The smallest absolute Gasteiger partial charge is 0.131 e. The lowest BCUT2D eigenvalue weighted by molar-refractivity contribution is 0.631. The molecular weight excluding hydrogens is 661 g/mol. The summed E-state index contributed by atoms with van der Waals surface area (Å²) in [6, 6.07) is 32.8. The van der Waals surface area contributed by atoms with Crippen LogP contribution < -0.4 is 0 Å². The molecule has 8 heteroatoms. The highest BCUT2D eigenvalue weighted by atomic mass is 19.1. The second-order valence-electron chi connectivity index (χ2n) is 12.4. The molecule has 2 N–H and O–H groups in total. The van der Waals surface area contributed by atoms with E-state index in [0.717, 1.165) is 0 Å². The lowest BCUT2D eigenvalue weighted by Crippen LogP contribution is -1.92. The molecule has 8 bridgehead atoms. The van der Waals surface area contributed by atoms with Crippen molar-refractivity contribution in [3.05, 3.63) is 167 Å². The number of halogens is 4. The number of hydrogen-bond donors (Lipinski definition) is 2. The van der Waals surface area contributed by atoms with E-state index in [9.17, 15) is 0 Å². The maximum absolute atomic E-state index is 15.7. The number of fused-ring (bicyclic) bond motifs is 8. The van der Waals surface area contributed by atoms with Gasteiger partial charge in [0.1, 0.15) is 23.3 Å². The van der Waals surface area contributed by atoms with Crippen molar-refractivity contribution in [3.8, 4) is 44.5 Å². The Hall–Kier alpha value is -6.80. The summed E-state index contributed by atoms with van der Waals surface area (Å²) in [6.07, 6.45) is 7.07. The maximum atomic E-state index is 15.7. The Morgan fingerprint density at radius 2 is 0.538 bits per heavy atom. The molecule has 0 unspecified atom stereocenters. The zero-order valence-electron chi connectivity index (χ0n) is 27.3. The van der Waals surface area contributed by atoms with Crippen molar-refractivity contribution in [2.24, 2.45) is 0 Å². The fourth-order valence-corrected chi connectivity index (χ4v) is 6.99. The van der Waals surface area contributed by atoms with Crippen LogP contribution in [-0.2, 0) is 0 Å². The first-order valence-corrected chi connectivity index (χ1v) is 16.6. The Morgan fingerprint density at radius 1 is 0.308 bits per heavy atom. The van der Waals surface area contributed by atoms with Gasteiger partial charge in [-0.05, 0) is 72.8 Å². The number of H-pyrrole nitrogens is 2. The van der Waals surface area contributed by atoms with Crippen molar-refractivity contribution < 1.29 is 17.6 Å². The molecule has 0 saturated heterocycles. The van der Waals surface area contributed by atoms with Gasteiger partial charge in [0.15, 0.2) is 0 Å². The van der Waals surface area contributed by atoms with Crippen LogP contribution in [0.25, 0.3) is 90.9 Å². The van der Waals surface area contributed by atoms with E-state index in [1.165, 1.54) is 24.3 Å². The first-order valence-electron chi connectivity index (χ1n) is 16.6. The highest BCUT2D eigenvalue weighted by Crippen LogP contribution is 2.40. The number of aromatic amines is 2. The third-order valence-corrected chi connectivity index (χ3v) is 9.33. The van der Waals surface area contributed by atoms with Crippen LogP contribution in [0.1, 0.15) is 22.8 Å². The molecule has 0 amide bonds. The van der Waals surface area contributed by atoms with Crippen LogP contribution in [0.4, 0.5) is 17.6 Å². The number of benzene rings is 4. The highest BCUT2D eigenvalue weighted by Gasteiger charge is 2.22. The fourth-order valence-electron chi connectivity index (χ4n) is 6.99. The Morgan fingerprint density at radius 3 is 0.769 bits per heavy atom. The highest BCUT2D eigenvalue weighted by molar-refractivity contribution is 6.00. The van der Waals surface area contributed by atoms with Crippen molar-refractivity contribution in [1.29, 1.82) is 0 Å². The molecule has 0 fully saturated rings. The number of aromatic nitrogens is 4. The SMILES string of the molecule is Fc1ccccc1-c1c2nc(c(-c3ccccc3F)c3ccc([nH]3)c(-c3ccccc3F)c3nc(c(-c4ccccc4F)c4ccc1[nH]4)C=C3)C=C2. The van der Waals surface area contributed by atoms with E-state index in [1.54, 1.807) is 121 Å². The van der Waals surface area contributed by atoms with Gasteiger partial charge >= 0.3 is 0 Å². The summed E-state index contributed by atoms with van der Waals surface area (Å²) in [5.74, 6) is -1.85. The Labute approximate surface area is 295 Å². The molecule has 2 aliphatic heterocycles. The summed E-state index contributed by atoms with van der Waals surface area (Å²) in [5.41, 5.74) is 6.82. The van der Waals surface area contributed by atoms with Crippen molar-refractivity contribution in [2.75, 3.05) is 0 Å².